The van der Waals surface area contributed by atoms with Crippen molar-refractivity contribution in [2.45, 2.75) is 32.6 Å². The van der Waals surface area contributed by atoms with Crippen molar-refractivity contribution in [3.05, 3.63) is 29.8 Å². The number of rotatable bonds is 7. The van der Waals surface area contributed by atoms with Gasteiger partial charge in [0.2, 0.25) is 0 Å². The number of unbranched alkanes of at least 4 members (excludes halogenated alkanes) is 3. The maximum absolute atomic E-state index is 11.9. The molecule has 0 radical (unpaired) electrons. The van der Waals surface area contributed by atoms with Gasteiger partial charge in [-0.25, -0.2) is 4.79 Å². The van der Waals surface area contributed by atoms with E-state index in [1.165, 1.54) is 17.7 Å². The summed E-state index contributed by atoms with van der Waals surface area (Å²) in [5, 5.41) is 5.56. The molecule has 5 heteroatoms. The number of urea groups is 1. The van der Waals surface area contributed by atoms with Gasteiger partial charge in [0.1, 0.15) is 0 Å². The maximum atomic E-state index is 11.9. The van der Waals surface area contributed by atoms with Crippen LogP contribution in [-0.4, -0.2) is 37.5 Å². The minimum atomic E-state index is -0.235. The van der Waals surface area contributed by atoms with Gasteiger partial charge >= 0.3 is 6.03 Å². The van der Waals surface area contributed by atoms with E-state index in [9.17, 15) is 9.59 Å². The number of amides is 3. The summed E-state index contributed by atoms with van der Waals surface area (Å²) in [7, 11) is 3.40. The lowest BCUT2D eigenvalue weighted by molar-refractivity contribution is 0.0827. The highest BCUT2D eigenvalue weighted by Gasteiger charge is 2.09. The zero-order chi connectivity index (χ0) is 15.7. The molecule has 0 heterocycles. The molecule has 0 bridgehead atoms. The van der Waals surface area contributed by atoms with E-state index in [1.807, 2.05) is 0 Å². The van der Waals surface area contributed by atoms with Crippen LogP contribution >= 0.6 is 0 Å². The van der Waals surface area contributed by atoms with E-state index in [0.717, 1.165) is 12.8 Å². The Labute approximate surface area is 126 Å². The minimum absolute atomic E-state index is 0.0846. The lowest BCUT2D eigenvalue weighted by Crippen LogP contribution is -2.29. The van der Waals surface area contributed by atoms with Crippen LogP contribution in [0.2, 0.25) is 0 Å². The zero-order valence-electron chi connectivity index (χ0n) is 13.1. The average Bonchev–Trinajstić information content (AvgIpc) is 2.46. The van der Waals surface area contributed by atoms with Gasteiger partial charge in [-0.2, -0.15) is 0 Å². The summed E-state index contributed by atoms with van der Waals surface area (Å²) < 4.78 is 0. The molecule has 0 aliphatic rings. The van der Waals surface area contributed by atoms with Gasteiger partial charge in [-0.15, -0.1) is 0 Å². The predicted octanol–water partition coefficient (Wildman–Crippen LogP) is 3.09. The number of carbonyl (C=O) groups is 2. The van der Waals surface area contributed by atoms with Gasteiger partial charge in [-0.05, 0) is 24.6 Å². The van der Waals surface area contributed by atoms with E-state index >= 15 is 0 Å². The highest BCUT2D eigenvalue weighted by molar-refractivity contribution is 5.96. The standard InChI is InChI=1S/C16H25N3O2/c1-4-5-6-7-11-17-16(21)18-14-10-8-9-13(12-14)15(20)19(2)3/h8-10,12H,4-7,11H2,1-3H3,(H2,17,18,21). The van der Waals surface area contributed by atoms with Crippen molar-refractivity contribution in [1.29, 1.82) is 0 Å². The Kier molecular flexibility index (Phi) is 7.29. The van der Waals surface area contributed by atoms with Crippen molar-refractivity contribution in [3.63, 3.8) is 0 Å². The number of nitrogens with zero attached hydrogens (tertiary/aromatic N) is 1. The normalized spacial score (nSPS) is 10.0. The number of carbonyl (C=O) groups excluding carboxylic acids is 2. The summed E-state index contributed by atoms with van der Waals surface area (Å²) in [5.74, 6) is -0.0846. The summed E-state index contributed by atoms with van der Waals surface area (Å²) >= 11 is 0. The lowest BCUT2D eigenvalue weighted by atomic mass is 10.2. The second-order valence-electron chi connectivity index (χ2n) is 5.22. The van der Waals surface area contributed by atoms with E-state index in [-0.39, 0.29) is 11.9 Å². The molecule has 1 rings (SSSR count). The van der Waals surface area contributed by atoms with Gasteiger partial charge in [-0.3, -0.25) is 4.79 Å². The monoisotopic (exact) mass is 291 g/mol. The fourth-order valence-electron chi connectivity index (χ4n) is 1.92. The quantitative estimate of drug-likeness (QED) is 0.758. The Morgan fingerprint density at radius 1 is 1.14 bits per heavy atom. The van der Waals surface area contributed by atoms with Gasteiger partial charge < -0.3 is 15.5 Å². The molecule has 0 aliphatic heterocycles. The fourth-order valence-corrected chi connectivity index (χ4v) is 1.92. The summed E-state index contributed by atoms with van der Waals surface area (Å²) in [5.41, 5.74) is 1.18. The molecule has 5 nitrogen and oxygen atoms in total. The van der Waals surface area contributed by atoms with Crippen LogP contribution in [0.25, 0.3) is 0 Å². The highest BCUT2D eigenvalue weighted by Crippen LogP contribution is 2.11. The van der Waals surface area contributed by atoms with Crippen LogP contribution < -0.4 is 10.6 Å². The third kappa shape index (κ3) is 6.29. The molecule has 0 aliphatic carbocycles. The molecule has 0 atom stereocenters. The van der Waals surface area contributed by atoms with Crippen molar-refractivity contribution in [3.8, 4) is 0 Å². The summed E-state index contributed by atoms with van der Waals surface area (Å²) in [6.07, 6.45) is 4.49. The van der Waals surface area contributed by atoms with E-state index < -0.39 is 0 Å². The molecule has 3 amide bonds. The zero-order valence-corrected chi connectivity index (χ0v) is 13.1. The molecule has 0 unspecified atom stereocenters. The van der Waals surface area contributed by atoms with Gasteiger partial charge in [-0.1, -0.05) is 32.3 Å². The Morgan fingerprint density at radius 2 is 1.90 bits per heavy atom. The predicted molar refractivity (Wildman–Crippen MR) is 85.6 cm³/mol. The first-order chi connectivity index (χ1) is 10.0. The van der Waals surface area contributed by atoms with Crippen molar-refractivity contribution in [1.82, 2.24) is 10.2 Å². The first-order valence-electron chi connectivity index (χ1n) is 7.41. The molecular weight excluding hydrogens is 266 g/mol. The molecule has 1 aromatic carbocycles. The molecule has 21 heavy (non-hydrogen) atoms. The first-order valence-corrected chi connectivity index (χ1v) is 7.41. The summed E-state index contributed by atoms with van der Waals surface area (Å²) in [6, 6.07) is 6.70. The largest absolute Gasteiger partial charge is 0.345 e. The Bertz CT molecular complexity index is 472. The second kappa shape index (κ2) is 9.00. The van der Waals surface area contributed by atoms with Crippen LogP contribution in [0.15, 0.2) is 24.3 Å². The SMILES string of the molecule is CCCCCCNC(=O)Nc1cccc(C(=O)N(C)C)c1. The topological polar surface area (TPSA) is 61.4 Å². The Morgan fingerprint density at radius 3 is 2.57 bits per heavy atom. The van der Waals surface area contributed by atoms with Crippen LogP contribution in [0.1, 0.15) is 43.0 Å². The van der Waals surface area contributed by atoms with Gasteiger partial charge in [0.05, 0.1) is 0 Å². The molecule has 0 saturated heterocycles. The van der Waals surface area contributed by atoms with E-state index in [4.69, 9.17) is 0 Å². The smallest absolute Gasteiger partial charge is 0.319 e. The Hall–Kier alpha value is -2.04. The number of hydrogen-bond acceptors (Lipinski definition) is 2. The number of nitrogens with one attached hydrogen (secondary N) is 2. The van der Waals surface area contributed by atoms with Gasteiger partial charge in [0.25, 0.3) is 5.91 Å². The van der Waals surface area contributed by atoms with Crippen molar-refractivity contribution in [2.75, 3.05) is 26.0 Å². The highest BCUT2D eigenvalue weighted by atomic mass is 16.2. The van der Waals surface area contributed by atoms with Crippen molar-refractivity contribution in [2.24, 2.45) is 0 Å². The van der Waals surface area contributed by atoms with Crippen LogP contribution in [0.5, 0.6) is 0 Å². The van der Waals surface area contributed by atoms with E-state index in [1.54, 1.807) is 38.4 Å². The molecule has 0 fully saturated rings. The third-order valence-electron chi connectivity index (χ3n) is 3.09. The van der Waals surface area contributed by atoms with E-state index in [0.29, 0.717) is 17.8 Å². The molecule has 1 aromatic rings. The molecular formula is C16H25N3O2. The first kappa shape index (κ1) is 17.0. The van der Waals surface area contributed by atoms with Gasteiger partial charge in [0, 0.05) is 31.9 Å². The van der Waals surface area contributed by atoms with Crippen molar-refractivity contribution < 1.29 is 9.59 Å². The van der Waals surface area contributed by atoms with Crippen LogP contribution in [0, 0.1) is 0 Å². The number of anilines is 1. The van der Waals surface area contributed by atoms with Crippen LogP contribution in [0.4, 0.5) is 10.5 Å². The van der Waals surface area contributed by atoms with E-state index in [2.05, 4.69) is 17.6 Å². The number of hydrogen-bond donors (Lipinski definition) is 2. The maximum Gasteiger partial charge on any atom is 0.319 e. The molecule has 0 saturated carbocycles. The Balaban J connectivity index is 2.45. The fraction of sp³-hybridized carbons (Fsp3) is 0.500. The molecule has 0 aromatic heterocycles. The van der Waals surface area contributed by atoms with Gasteiger partial charge in [0.15, 0.2) is 0 Å². The van der Waals surface area contributed by atoms with Crippen molar-refractivity contribution >= 4 is 17.6 Å². The summed E-state index contributed by atoms with van der Waals surface area (Å²) in [4.78, 5) is 25.1. The summed E-state index contributed by atoms with van der Waals surface area (Å²) in [6.45, 7) is 2.82. The average molecular weight is 291 g/mol. The molecule has 2 N–H and O–H groups in total. The van der Waals surface area contributed by atoms with Crippen LogP contribution in [0.3, 0.4) is 0 Å². The number of benzene rings is 1. The molecule has 0 spiro atoms. The lowest BCUT2D eigenvalue weighted by Gasteiger charge is -2.12. The third-order valence-corrected chi connectivity index (χ3v) is 3.09. The van der Waals surface area contributed by atoms with Crippen LogP contribution in [-0.2, 0) is 0 Å². The minimum Gasteiger partial charge on any atom is -0.345 e. The molecule has 116 valence electrons. The second-order valence-corrected chi connectivity index (χ2v) is 5.22.